The Morgan fingerprint density at radius 3 is 2.13 bits per heavy atom. The average molecular weight is 415 g/mol. The molecule has 0 saturated heterocycles. The Balaban J connectivity index is 2.29. The number of hydrogen-bond donors (Lipinski definition) is 1. The number of nitro groups is 2. The van der Waals surface area contributed by atoms with Gasteiger partial charge in [0.25, 0.3) is 11.4 Å². The minimum atomic E-state index is -1.03. The van der Waals surface area contributed by atoms with E-state index in [2.05, 4.69) is 5.32 Å². The molecule has 1 unspecified atom stereocenters. The summed E-state index contributed by atoms with van der Waals surface area (Å²) in [6.45, 7) is 3.32. The Bertz CT molecular complexity index is 959. The molecule has 0 heterocycles. The fraction of sp³-hybridized carbons (Fsp3) is 0.300. The molecule has 10 heteroatoms. The largest absolute Gasteiger partial charge is 0.463 e. The summed E-state index contributed by atoms with van der Waals surface area (Å²) in [5, 5.41) is 25.1. The third-order valence-corrected chi connectivity index (χ3v) is 4.12. The predicted octanol–water partition coefficient (Wildman–Crippen LogP) is 3.24. The van der Waals surface area contributed by atoms with Gasteiger partial charge in [-0.3, -0.25) is 29.8 Å². The van der Waals surface area contributed by atoms with Gasteiger partial charge in [0.1, 0.15) is 0 Å². The minimum absolute atomic E-state index is 0.138. The van der Waals surface area contributed by atoms with Crippen molar-refractivity contribution in [3.05, 3.63) is 79.9 Å². The number of rotatable bonds is 9. The van der Waals surface area contributed by atoms with Crippen molar-refractivity contribution in [2.75, 3.05) is 0 Å². The van der Waals surface area contributed by atoms with E-state index in [9.17, 15) is 29.8 Å². The first-order valence-electron chi connectivity index (χ1n) is 9.13. The average Bonchev–Trinajstić information content (AvgIpc) is 2.67. The summed E-state index contributed by atoms with van der Waals surface area (Å²) in [6.07, 6.45) is -1.05. The third-order valence-electron chi connectivity index (χ3n) is 4.12. The summed E-state index contributed by atoms with van der Waals surface area (Å²) in [5.41, 5.74) is -0.148. The maximum Gasteiger partial charge on any atom is 0.308 e. The van der Waals surface area contributed by atoms with Gasteiger partial charge in [-0.2, -0.15) is 0 Å². The van der Waals surface area contributed by atoms with Gasteiger partial charge in [-0.15, -0.1) is 0 Å². The maximum absolute atomic E-state index is 12.6. The Morgan fingerprint density at radius 2 is 1.53 bits per heavy atom. The van der Waals surface area contributed by atoms with E-state index in [4.69, 9.17) is 4.74 Å². The molecule has 1 atom stereocenters. The van der Waals surface area contributed by atoms with Crippen LogP contribution in [0, 0.1) is 20.2 Å². The number of benzene rings is 2. The fourth-order valence-corrected chi connectivity index (χ4v) is 2.92. The van der Waals surface area contributed by atoms with Crippen LogP contribution in [0.15, 0.2) is 48.5 Å². The molecule has 1 N–H and O–H groups in total. The monoisotopic (exact) mass is 415 g/mol. The second-order valence-corrected chi connectivity index (χ2v) is 6.74. The van der Waals surface area contributed by atoms with Crippen molar-refractivity contribution in [2.24, 2.45) is 0 Å². The quantitative estimate of drug-likeness (QED) is 0.376. The number of carbonyl (C=O) groups is 2. The second-order valence-electron chi connectivity index (χ2n) is 6.74. The fourth-order valence-electron chi connectivity index (χ4n) is 2.92. The van der Waals surface area contributed by atoms with Crippen molar-refractivity contribution in [2.45, 2.75) is 38.8 Å². The first-order valence-corrected chi connectivity index (χ1v) is 9.13. The summed E-state index contributed by atoms with van der Waals surface area (Å²) in [6, 6.07) is 10.5. The number of nitrogens with one attached hydrogen (secondary N) is 1. The van der Waals surface area contributed by atoms with Crippen LogP contribution in [-0.4, -0.2) is 27.8 Å². The van der Waals surface area contributed by atoms with Crippen LogP contribution in [-0.2, 0) is 20.7 Å². The highest BCUT2D eigenvalue weighted by Gasteiger charge is 2.27. The minimum Gasteiger partial charge on any atom is -0.463 e. The lowest BCUT2D eigenvalue weighted by Gasteiger charge is -2.19. The zero-order chi connectivity index (χ0) is 22.3. The van der Waals surface area contributed by atoms with Crippen molar-refractivity contribution >= 4 is 23.3 Å². The van der Waals surface area contributed by atoms with E-state index in [0.29, 0.717) is 0 Å². The number of nitro benzene ring substituents is 2. The molecular formula is C20H21N3O7. The molecule has 0 fully saturated rings. The lowest BCUT2D eigenvalue weighted by molar-refractivity contribution is -0.385. The number of carbonyl (C=O) groups excluding carboxylic acids is 2. The number of nitrogens with zero attached hydrogens (tertiary/aromatic N) is 2. The molecule has 2 rings (SSSR count). The smallest absolute Gasteiger partial charge is 0.308 e. The highest BCUT2D eigenvalue weighted by molar-refractivity contribution is 5.81. The van der Waals surface area contributed by atoms with Crippen LogP contribution in [0.3, 0.4) is 0 Å². The Hall–Kier alpha value is -3.82. The van der Waals surface area contributed by atoms with E-state index in [-0.39, 0.29) is 35.3 Å². The molecule has 2 aromatic carbocycles. The highest BCUT2D eigenvalue weighted by atomic mass is 16.6. The van der Waals surface area contributed by atoms with Crippen molar-refractivity contribution < 1.29 is 24.2 Å². The van der Waals surface area contributed by atoms with Crippen LogP contribution in [0.5, 0.6) is 0 Å². The molecule has 1 amide bonds. The van der Waals surface area contributed by atoms with Gasteiger partial charge >= 0.3 is 5.97 Å². The van der Waals surface area contributed by atoms with Gasteiger partial charge in [0.15, 0.2) is 0 Å². The van der Waals surface area contributed by atoms with Crippen LogP contribution >= 0.6 is 0 Å². The SMILES string of the molecule is CC(C)OC(=O)CC(NC(=O)Cc1ccccc1[N+](=O)[O-])c1ccccc1[N+](=O)[O-]. The molecule has 0 aromatic heterocycles. The second kappa shape index (κ2) is 10.1. The van der Waals surface area contributed by atoms with Crippen LogP contribution in [0.4, 0.5) is 11.4 Å². The molecule has 0 aliphatic heterocycles. The molecule has 10 nitrogen and oxygen atoms in total. The van der Waals surface area contributed by atoms with E-state index in [0.717, 1.165) is 0 Å². The highest BCUT2D eigenvalue weighted by Crippen LogP contribution is 2.28. The van der Waals surface area contributed by atoms with Gasteiger partial charge in [-0.05, 0) is 13.8 Å². The first kappa shape index (κ1) is 22.5. The van der Waals surface area contributed by atoms with Crippen molar-refractivity contribution in [1.29, 1.82) is 0 Å². The zero-order valence-electron chi connectivity index (χ0n) is 16.4. The molecule has 0 bridgehead atoms. The van der Waals surface area contributed by atoms with Gasteiger partial charge in [-0.25, -0.2) is 0 Å². The molecule has 2 aromatic rings. The molecular weight excluding hydrogens is 394 g/mol. The molecule has 0 radical (unpaired) electrons. The predicted molar refractivity (Wildman–Crippen MR) is 107 cm³/mol. The molecule has 0 spiro atoms. The number of amides is 1. The summed E-state index contributed by atoms with van der Waals surface area (Å²) >= 11 is 0. The standard InChI is InChI=1S/C20H21N3O7/c1-13(2)30-20(25)12-16(15-8-4-6-10-18(15)23(28)29)21-19(24)11-14-7-3-5-9-17(14)22(26)27/h3-10,13,16H,11-12H2,1-2H3,(H,21,24). The van der Waals surface area contributed by atoms with Crippen molar-refractivity contribution in [1.82, 2.24) is 5.32 Å². The Labute approximate surface area is 172 Å². The molecule has 0 saturated carbocycles. The molecule has 0 aliphatic rings. The zero-order valence-corrected chi connectivity index (χ0v) is 16.4. The van der Waals surface area contributed by atoms with Crippen LogP contribution in [0.25, 0.3) is 0 Å². The molecule has 0 aliphatic carbocycles. The third kappa shape index (κ3) is 6.09. The lowest BCUT2D eigenvalue weighted by Crippen LogP contribution is -2.32. The normalized spacial score (nSPS) is 11.6. The van der Waals surface area contributed by atoms with Crippen LogP contribution < -0.4 is 5.32 Å². The van der Waals surface area contributed by atoms with E-state index >= 15 is 0 Å². The van der Waals surface area contributed by atoms with Gasteiger partial charge < -0.3 is 10.1 Å². The van der Waals surface area contributed by atoms with E-state index < -0.39 is 33.9 Å². The van der Waals surface area contributed by atoms with E-state index in [1.54, 1.807) is 26.0 Å². The van der Waals surface area contributed by atoms with Crippen LogP contribution in [0.1, 0.15) is 37.4 Å². The molecule has 30 heavy (non-hydrogen) atoms. The lowest BCUT2D eigenvalue weighted by atomic mass is 10.0. The number of ether oxygens (including phenoxy) is 1. The van der Waals surface area contributed by atoms with Gasteiger partial charge in [-0.1, -0.05) is 36.4 Å². The van der Waals surface area contributed by atoms with E-state index in [1.807, 2.05) is 0 Å². The van der Waals surface area contributed by atoms with E-state index in [1.165, 1.54) is 36.4 Å². The Morgan fingerprint density at radius 1 is 0.967 bits per heavy atom. The number of para-hydroxylation sites is 2. The summed E-state index contributed by atoms with van der Waals surface area (Å²) in [4.78, 5) is 46.1. The summed E-state index contributed by atoms with van der Waals surface area (Å²) < 4.78 is 5.10. The summed E-state index contributed by atoms with van der Waals surface area (Å²) in [7, 11) is 0. The van der Waals surface area contributed by atoms with Crippen LogP contribution in [0.2, 0.25) is 0 Å². The first-order chi connectivity index (χ1) is 14.2. The van der Waals surface area contributed by atoms with Gasteiger partial charge in [0.2, 0.25) is 5.91 Å². The summed E-state index contributed by atoms with van der Waals surface area (Å²) in [5.74, 6) is -1.26. The van der Waals surface area contributed by atoms with Gasteiger partial charge in [0, 0.05) is 17.7 Å². The van der Waals surface area contributed by atoms with Crippen molar-refractivity contribution in [3.8, 4) is 0 Å². The number of hydrogen-bond acceptors (Lipinski definition) is 7. The van der Waals surface area contributed by atoms with Gasteiger partial charge in [0.05, 0.1) is 40.4 Å². The topological polar surface area (TPSA) is 142 Å². The Kier molecular flexibility index (Phi) is 7.56. The maximum atomic E-state index is 12.6. The van der Waals surface area contributed by atoms with Crippen molar-refractivity contribution in [3.63, 3.8) is 0 Å². The number of esters is 1. The molecule has 158 valence electrons.